The number of H-pyrrole nitrogens is 1. The summed E-state index contributed by atoms with van der Waals surface area (Å²) in [6.07, 6.45) is 6.48. The number of nitrogens with zero attached hydrogens (tertiary/aromatic N) is 4. The van der Waals surface area contributed by atoms with Crippen molar-refractivity contribution in [2.45, 2.75) is 24.7 Å². The molecule has 0 amide bonds. The van der Waals surface area contributed by atoms with Crippen LogP contribution < -0.4 is 5.56 Å². The molecule has 0 bridgehead atoms. The van der Waals surface area contributed by atoms with Gasteiger partial charge in [-0.2, -0.15) is 0 Å². The monoisotopic (exact) mass is 321 g/mol. The van der Waals surface area contributed by atoms with E-state index in [4.69, 9.17) is 0 Å². The van der Waals surface area contributed by atoms with E-state index in [0.717, 1.165) is 11.9 Å². The van der Waals surface area contributed by atoms with Gasteiger partial charge < -0.3 is 0 Å². The third kappa shape index (κ3) is 3.04. The maximum atomic E-state index is 12.1. The molecular weight excluding hydrogens is 306 g/mol. The van der Waals surface area contributed by atoms with Gasteiger partial charge >= 0.3 is 0 Å². The Bertz CT molecular complexity index is 848. The maximum absolute atomic E-state index is 12.1. The van der Waals surface area contributed by atoms with E-state index >= 15 is 0 Å². The van der Waals surface area contributed by atoms with Gasteiger partial charge in [0.15, 0.2) is 0 Å². The van der Waals surface area contributed by atoms with Gasteiger partial charge in [0.1, 0.15) is 0 Å². The molecule has 0 radical (unpaired) electrons. The summed E-state index contributed by atoms with van der Waals surface area (Å²) in [5.41, 5.74) is 1.50. The number of nitrogens with one attached hydrogen (secondary N) is 1. The largest absolute Gasteiger partial charge is 0.297 e. The summed E-state index contributed by atoms with van der Waals surface area (Å²) in [7, 11) is -3.52. The van der Waals surface area contributed by atoms with Crippen LogP contribution in [-0.2, 0) is 29.3 Å². The van der Waals surface area contributed by atoms with E-state index in [2.05, 4.69) is 24.8 Å². The zero-order valence-electron chi connectivity index (χ0n) is 12.0. The van der Waals surface area contributed by atoms with Crippen LogP contribution in [0.1, 0.15) is 17.0 Å². The second kappa shape index (κ2) is 5.58. The third-order valence-electron chi connectivity index (χ3n) is 3.48. The fourth-order valence-electron chi connectivity index (χ4n) is 2.41. The molecule has 0 saturated heterocycles. The van der Waals surface area contributed by atoms with Crippen molar-refractivity contribution in [1.29, 1.82) is 0 Å². The summed E-state index contributed by atoms with van der Waals surface area (Å²) >= 11 is 0. The first-order valence-electron chi connectivity index (χ1n) is 6.73. The van der Waals surface area contributed by atoms with Gasteiger partial charge in [0.05, 0.1) is 17.0 Å². The average Bonchev–Trinajstić information content (AvgIpc) is 2.48. The number of fused-ring (bicyclic) bond motifs is 1. The van der Waals surface area contributed by atoms with Gasteiger partial charge in [-0.3, -0.25) is 24.6 Å². The van der Waals surface area contributed by atoms with Crippen molar-refractivity contribution >= 4 is 9.84 Å². The Balaban J connectivity index is 1.86. The van der Waals surface area contributed by atoms with E-state index in [9.17, 15) is 13.2 Å². The Morgan fingerprint density at radius 1 is 1.36 bits per heavy atom. The Kier molecular flexibility index (Phi) is 3.75. The van der Waals surface area contributed by atoms with Gasteiger partial charge in [0.2, 0.25) is 15.0 Å². The molecule has 8 nitrogen and oxygen atoms in total. The Morgan fingerprint density at radius 2 is 2.18 bits per heavy atom. The molecule has 0 fully saturated rings. The highest BCUT2D eigenvalue weighted by atomic mass is 32.2. The van der Waals surface area contributed by atoms with E-state index in [-0.39, 0.29) is 5.16 Å². The lowest BCUT2D eigenvalue weighted by Crippen LogP contribution is -2.36. The summed E-state index contributed by atoms with van der Waals surface area (Å²) in [5, 5.41) is -0.265. The molecular formula is C13H15N5O3S. The van der Waals surface area contributed by atoms with E-state index in [1.54, 1.807) is 18.6 Å². The second-order valence-corrected chi connectivity index (χ2v) is 7.16. The predicted octanol–water partition coefficient (Wildman–Crippen LogP) is -0.478. The van der Waals surface area contributed by atoms with Crippen molar-refractivity contribution in [2.24, 2.45) is 0 Å². The first-order chi connectivity index (χ1) is 10.4. The highest BCUT2D eigenvalue weighted by Crippen LogP contribution is 2.16. The minimum Gasteiger partial charge on any atom is -0.297 e. The molecule has 0 atom stereocenters. The second-order valence-electron chi connectivity index (χ2n) is 5.23. The van der Waals surface area contributed by atoms with Crippen LogP contribution in [-0.4, -0.2) is 46.1 Å². The molecule has 1 aliphatic heterocycles. The fraction of sp³-hybridized carbons (Fsp3) is 0.385. The summed E-state index contributed by atoms with van der Waals surface area (Å²) in [6.45, 7) is 1.68. The summed E-state index contributed by atoms with van der Waals surface area (Å²) in [5.74, 6) is 0. The van der Waals surface area contributed by atoms with Crippen LogP contribution in [0.5, 0.6) is 0 Å². The molecule has 3 heterocycles. The molecule has 3 rings (SSSR count). The standard InChI is InChI=1S/C13H15N5O3S/c1-22(20,21)13-16-11-2-5-18(8-10(11)12(19)17-13)7-9-6-14-3-4-15-9/h3-4,6H,2,5,7-8H2,1H3,(H,16,17,19). The molecule has 0 unspecified atom stereocenters. The van der Waals surface area contributed by atoms with Crippen LogP contribution in [0, 0.1) is 0 Å². The molecule has 0 saturated carbocycles. The number of rotatable bonds is 3. The zero-order chi connectivity index (χ0) is 15.7. The van der Waals surface area contributed by atoms with E-state index in [0.29, 0.717) is 37.3 Å². The highest BCUT2D eigenvalue weighted by Gasteiger charge is 2.23. The lowest BCUT2D eigenvalue weighted by molar-refractivity contribution is 0.237. The topological polar surface area (TPSA) is 109 Å². The Hall–Kier alpha value is -2.13. The molecule has 0 aromatic carbocycles. The SMILES string of the molecule is CS(=O)(=O)c1nc2c(c(=O)[nH]1)CN(Cc1cnccn1)CC2. The van der Waals surface area contributed by atoms with E-state index < -0.39 is 15.4 Å². The molecule has 22 heavy (non-hydrogen) atoms. The lowest BCUT2D eigenvalue weighted by atomic mass is 10.1. The van der Waals surface area contributed by atoms with Gasteiger partial charge in [-0.1, -0.05) is 0 Å². The highest BCUT2D eigenvalue weighted by molar-refractivity contribution is 7.90. The Labute approximate surface area is 127 Å². The molecule has 9 heteroatoms. The van der Waals surface area contributed by atoms with Gasteiger partial charge in [0, 0.05) is 50.9 Å². The predicted molar refractivity (Wildman–Crippen MR) is 77.8 cm³/mol. The van der Waals surface area contributed by atoms with Crippen LogP contribution in [0.3, 0.4) is 0 Å². The maximum Gasteiger partial charge on any atom is 0.256 e. The number of sulfone groups is 1. The third-order valence-corrected chi connectivity index (χ3v) is 4.38. The smallest absolute Gasteiger partial charge is 0.256 e. The summed E-state index contributed by atoms with van der Waals surface area (Å²) in [4.78, 5) is 28.8. The zero-order valence-corrected chi connectivity index (χ0v) is 12.8. The summed E-state index contributed by atoms with van der Waals surface area (Å²) in [6, 6.07) is 0. The van der Waals surface area contributed by atoms with Crippen molar-refractivity contribution < 1.29 is 8.42 Å². The minimum absolute atomic E-state index is 0.265. The van der Waals surface area contributed by atoms with Crippen molar-refractivity contribution in [3.05, 3.63) is 45.9 Å². The van der Waals surface area contributed by atoms with Crippen molar-refractivity contribution in [2.75, 3.05) is 12.8 Å². The molecule has 2 aromatic rings. The van der Waals surface area contributed by atoms with Crippen molar-refractivity contribution in [1.82, 2.24) is 24.8 Å². The van der Waals surface area contributed by atoms with Gasteiger partial charge in [-0.15, -0.1) is 0 Å². The molecule has 1 N–H and O–H groups in total. The van der Waals surface area contributed by atoms with Crippen LogP contribution >= 0.6 is 0 Å². The molecule has 2 aromatic heterocycles. The van der Waals surface area contributed by atoms with Crippen molar-refractivity contribution in [3.63, 3.8) is 0 Å². The minimum atomic E-state index is -3.52. The fourth-order valence-corrected chi connectivity index (χ4v) is 2.96. The number of hydrogen-bond donors (Lipinski definition) is 1. The normalized spacial score (nSPS) is 15.5. The molecule has 1 aliphatic rings. The van der Waals surface area contributed by atoms with Crippen molar-refractivity contribution in [3.8, 4) is 0 Å². The van der Waals surface area contributed by atoms with Crippen LogP contribution in [0.2, 0.25) is 0 Å². The molecule has 116 valence electrons. The van der Waals surface area contributed by atoms with Crippen LogP contribution in [0.15, 0.2) is 28.5 Å². The number of aromatic nitrogens is 4. The average molecular weight is 321 g/mol. The Morgan fingerprint density at radius 3 is 2.86 bits per heavy atom. The van der Waals surface area contributed by atoms with E-state index in [1.165, 1.54) is 0 Å². The van der Waals surface area contributed by atoms with Crippen LogP contribution in [0.25, 0.3) is 0 Å². The lowest BCUT2D eigenvalue weighted by Gasteiger charge is -2.27. The number of aromatic amines is 1. The number of hydrogen-bond acceptors (Lipinski definition) is 7. The van der Waals surface area contributed by atoms with Gasteiger partial charge in [0.25, 0.3) is 5.56 Å². The molecule has 0 aliphatic carbocycles. The van der Waals surface area contributed by atoms with Gasteiger partial charge in [-0.05, 0) is 0 Å². The first kappa shape index (κ1) is 14.8. The van der Waals surface area contributed by atoms with Crippen LogP contribution in [0.4, 0.5) is 0 Å². The summed E-state index contributed by atoms with van der Waals surface area (Å²) < 4.78 is 23.0. The van der Waals surface area contributed by atoms with E-state index in [1.807, 2.05) is 0 Å². The van der Waals surface area contributed by atoms with Gasteiger partial charge in [-0.25, -0.2) is 13.4 Å². The quantitative estimate of drug-likeness (QED) is 0.761. The first-order valence-corrected chi connectivity index (χ1v) is 8.62. The molecule has 0 spiro atoms.